The summed E-state index contributed by atoms with van der Waals surface area (Å²) in [6.45, 7) is 5.89. The third-order valence-corrected chi connectivity index (χ3v) is 2.93. The highest BCUT2D eigenvalue weighted by Crippen LogP contribution is 2.20. The van der Waals surface area contributed by atoms with E-state index < -0.39 is 0 Å². The van der Waals surface area contributed by atoms with Crippen LogP contribution in [0, 0.1) is 5.82 Å². The summed E-state index contributed by atoms with van der Waals surface area (Å²) >= 11 is 3.20. The number of carbonyl (C=O) groups is 1. The van der Waals surface area contributed by atoms with Gasteiger partial charge in [0.1, 0.15) is 5.82 Å². The average molecular weight is 315 g/mol. The second-order valence-corrected chi connectivity index (χ2v) is 4.78. The average Bonchev–Trinajstić information content (AvgIpc) is 2.33. The Hall–Kier alpha value is -1.20. The van der Waals surface area contributed by atoms with Crippen LogP contribution in [-0.4, -0.2) is 19.0 Å². The Balaban J connectivity index is 2.52. The zero-order valence-electron chi connectivity index (χ0n) is 10.2. The monoisotopic (exact) mass is 314 g/mol. The minimum Gasteiger partial charge on any atom is -0.352 e. The van der Waals surface area contributed by atoms with Crippen LogP contribution in [0.5, 0.6) is 0 Å². The smallest absolute Gasteiger partial charge is 0.234 e. The van der Waals surface area contributed by atoms with Gasteiger partial charge in [-0.1, -0.05) is 28.1 Å². The molecule has 1 aromatic rings. The van der Waals surface area contributed by atoms with Crippen LogP contribution in [0.4, 0.5) is 4.39 Å². The van der Waals surface area contributed by atoms with Crippen LogP contribution in [-0.2, 0) is 4.79 Å². The van der Waals surface area contributed by atoms with Crippen molar-refractivity contribution in [2.45, 2.75) is 13.0 Å². The van der Waals surface area contributed by atoms with Crippen molar-refractivity contribution >= 4 is 21.8 Å². The summed E-state index contributed by atoms with van der Waals surface area (Å²) in [6, 6.07) is 4.64. The summed E-state index contributed by atoms with van der Waals surface area (Å²) in [5.41, 5.74) is 0.537. The van der Waals surface area contributed by atoms with E-state index in [0.29, 0.717) is 16.6 Å². The summed E-state index contributed by atoms with van der Waals surface area (Å²) in [7, 11) is 0. The molecule has 1 rings (SSSR count). The Bertz CT molecular complexity index is 437. The molecule has 18 heavy (non-hydrogen) atoms. The molecule has 98 valence electrons. The van der Waals surface area contributed by atoms with Gasteiger partial charge in [-0.15, -0.1) is 6.58 Å². The SMILES string of the molecule is C=CCNC(=O)CN[C@H](C)c1ccc(Br)cc1F. The van der Waals surface area contributed by atoms with Crippen molar-refractivity contribution in [3.05, 3.63) is 46.7 Å². The first kappa shape index (κ1) is 14.9. The van der Waals surface area contributed by atoms with Crippen molar-refractivity contribution in [2.75, 3.05) is 13.1 Å². The second-order valence-electron chi connectivity index (χ2n) is 3.86. The first-order valence-electron chi connectivity index (χ1n) is 5.60. The third-order valence-electron chi connectivity index (χ3n) is 2.44. The Morgan fingerprint density at radius 1 is 1.61 bits per heavy atom. The largest absolute Gasteiger partial charge is 0.352 e. The minimum atomic E-state index is -0.295. The lowest BCUT2D eigenvalue weighted by atomic mass is 10.1. The van der Waals surface area contributed by atoms with Gasteiger partial charge in [-0.05, 0) is 19.1 Å². The number of hydrogen-bond donors (Lipinski definition) is 2. The topological polar surface area (TPSA) is 41.1 Å². The van der Waals surface area contributed by atoms with Gasteiger partial charge in [0.2, 0.25) is 5.91 Å². The molecule has 0 aromatic heterocycles. The summed E-state index contributed by atoms with van der Waals surface area (Å²) < 4.78 is 14.3. The maximum atomic E-state index is 13.6. The molecule has 5 heteroatoms. The summed E-state index contributed by atoms with van der Waals surface area (Å²) in [4.78, 5) is 11.4. The molecule has 1 aromatic carbocycles. The lowest BCUT2D eigenvalue weighted by Gasteiger charge is -2.15. The van der Waals surface area contributed by atoms with E-state index in [0.717, 1.165) is 0 Å². The van der Waals surface area contributed by atoms with E-state index in [1.165, 1.54) is 6.07 Å². The van der Waals surface area contributed by atoms with Crippen molar-refractivity contribution < 1.29 is 9.18 Å². The number of amides is 1. The molecule has 0 aliphatic heterocycles. The van der Waals surface area contributed by atoms with Crippen LogP contribution in [0.25, 0.3) is 0 Å². The molecule has 2 N–H and O–H groups in total. The van der Waals surface area contributed by atoms with Gasteiger partial charge in [-0.25, -0.2) is 4.39 Å². The molecule has 0 fully saturated rings. The molecule has 0 unspecified atom stereocenters. The third kappa shape index (κ3) is 4.58. The molecule has 0 aliphatic carbocycles. The van der Waals surface area contributed by atoms with Crippen LogP contribution in [0.15, 0.2) is 35.3 Å². The molecule has 1 amide bonds. The van der Waals surface area contributed by atoms with Crippen molar-refractivity contribution in [3.8, 4) is 0 Å². The molecule has 3 nitrogen and oxygen atoms in total. The van der Waals surface area contributed by atoms with Crippen molar-refractivity contribution in [2.24, 2.45) is 0 Å². The molecular weight excluding hydrogens is 299 g/mol. The lowest BCUT2D eigenvalue weighted by molar-refractivity contribution is -0.120. The van der Waals surface area contributed by atoms with Gasteiger partial charge in [-0.3, -0.25) is 4.79 Å². The molecule has 0 radical (unpaired) electrons. The fourth-order valence-corrected chi connectivity index (χ4v) is 1.79. The molecule has 0 heterocycles. The van der Waals surface area contributed by atoms with Gasteiger partial charge in [0.15, 0.2) is 0 Å². The number of carbonyl (C=O) groups excluding carboxylic acids is 1. The van der Waals surface area contributed by atoms with E-state index >= 15 is 0 Å². The zero-order chi connectivity index (χ0) is 13.5. The standard InChI is InChI=1S/C13H16BrFN2O/c1-3-6-16-13(18)8-17-9(2)11-5-4-10(14)7-12(11)15/h3-5,7,9,17H,1,6,8H2,2H3,(H,16,18)/t9-/m1/s1. The number of rotatable bonds is 6. The van der Waals surface area contributed by atoms with E-state index in [9.17, 15) is 9.18 Å². The quantitative estimate of drug-likeness (QED) is 0.792. The van der Waals surface area contributed by atoms with Crippen LogP contribution in [0.2, 0.25) is 0 Å². The molecule has 1 atom stereocenters. The van der Waals surface area contributed by atoms with Gasteiger partial charge < -0.3 is 10.6 Å². The maximum absolute atomic E-state index is 13.6. The lowest BCUT2D eigenvalue weighted by Crippen LogP contribution is -2.35. The molecule has 0 saturated heterocycles. The van der Waals surface area contributed by atoms with Crippen molar-refractivity contribution in [3.63, 3.8) is 0 Å². The first-order chi connectivity index (χ1) is 8.54. The Morgan fingerprint density at radius 3 is 2.94 bits per heavy atom. The van der Waals surface area contributed by atoms with Gasteiger partial charge in [0, 0.05) is 22.6 Å². The number of nitrogens with one attached hydrogen (secondary N) is 2. The van der Waals surface area contributed by atoms with E-state index in [2.05, 4.69) is 33.1 Å². The first-order valence-corrected chi connectivity index (χ1v) is 6.39. The zero-order valence-corrected chi connectivity index (χ0v) is 11.8. The van der Waals surface area contributed by atoms with Crippen LogP contribution in [0.1, 0.15) is 18.5 Å². The molecular formula is C13H16BrFN2O. The van der Waals surface area contributed by atoms with E-state index in [4.69, 9.17) is 0 Å². The van der Waals surface area contributed by atoms with Gasteiger partial charge in [-0.2, -0.15) is 0 Å². The van der Waals surface area contributed by atoms with Gasteiger partial charge in [0.25, 0.3) is 0 Å². The Morgan fingerprint density at radius 2 is 2.33 bits per heavy atom. The predicted molar refractivity (Wildman–Crippen MR) is 73.7 cm³/mol. The molecule has 0 spiro atoms. The van der Waals surface area contributed by atoms with E-state index in [1.807, 2.05) is 6.92 Å². The fourth-order valence-electron chi connectivity index (χ4n) is 1.46. The van der Waals surface area contributed by atoms with Crippen LogP contribution in [0.3, 0.4) is 0 Å². The fraction of sp³-hybridized carbons (Fsp3) is 0.308. The van der Waals surface area contributed by atoms with Gasteiger partial charge >= 0.3 is 0 Å². The number of benzene rings is 1. The van der Waals surface area contributed by atoms with Crippen LogP contribution < -0.4 is 10.6 Å². The second kappa shape index (κ2) is 7.28. The highest BCUT2D eigenvalue weighted by molar-refractivity contribution is 9.10. The number of halogens is 2. The minimum absolute atomic E-state index is 0.140. The molecule has 0 bridgehead atoms. The summed E-state index contributed by atoms with van der Waals surface area (Å²) in [5, 5.41) is 5.61. The van der Waals surface area contributed by atoms with Crippen LogP contribution >= 0.6 is 15.9 Å². The normalized spacial score (nSPS) is 11.9. The predicted octanol–water partition coefficient (Wildman–Crippen LogP) is 2.54. The molecule has 0 aliphatic rings. The van der Waals surface area contributed by atoms with Crippen molar-refractivity contribution in [1.29, 1.82) is 0 Å². The highest BCUT2D eigenvalue weighted by Gasteiger charge is 2.11. The number of hydrogen-bond acceptors (Lipinski definition) is 2. The van der Waals surface area contributed by atoms with E-state index in [-0.39, 0.29) is 24.3 Å². The Labute approximate surface area is 115 Å². The highest BCUT2D eigenvalue weighted by atomic mass is 79.9. The maximum Gasteiger partial charge on any atom is 0.234 e. The summed E-state index contributed by atoms with van der Waals surface area (Å²) in [5.74, 6) is -0.435. The van der Waals surface area contributed by atoms with Gasteiger partial charge in [0.05, 0.1) is 6.54 Å². The van der Waals surface area contributed by atoms with Crippen molar-refractivity contribution in [1.82, 2.24) is 10.6 Å². The Kier molecular flexibility index (Phi) is 6.01. The molecule has 0 saturated carbocycles. The van der Waals surface area contributed by atoms with E-state index in [1.54, 1.807) is 18.2 Å². The summed E-state index contributed by atoms with van der Waals surface area (Å²) in [6.07, 6.45) is 1.61.